The molecule has 0 bridgehead atoms. The van der Waals surface area contributed by atoms with Crippen LogP contribution in [0, 0.1) is 0 Å². The molecule has 1 amide bonds. The Morgan fingerprint density at radius 2 is 1.91 bits per heavy atom. The molecule has 0 fully saturated rings. The number of rotatable bonds is 6. The smallest absolute Gasteiger partial charge is 0.245 e. The monoisotopic (exact) mass is 318 g/mol. The largest absolute Gasteiger partial charge is 0.336 e. The van der Waals surface area contributed by atoms with Crippen molar-refractivity contribution in [1.29, 1.82) is 0 Å². The Labute approximate surface area is 137 Å². The van der Waals surface area contributed by atoms with E-state index in [1.165, 1.54) is 0 Å². The van der Waals surface area contributed by atoms with Crippen LogP contribution < -0.4 is 0 Å². The highest BCUT2D eigenvalue weighted by Gasteiger charge is 2.23. The van der Waals surface area contributed by atoms with Crippen LogP contribution >= 0.6 is 0 Å². The normalized spacial score (nSPS) is 12.9. The molecule has 1 atom stereocenters. The Balaban J connectivity index is 2.13. The van der Waals surface area contributed by atoms with Crippen LogP contribution in [0.3, 0.4) is 0 Å². The molecule has 0 radical (unpaired) electrons. The van der Waals surface area contributed by atoms with Gasteiger partial charge in [-0.25, -0.2) is 4.98 Å². The minimum Gasteiger partial charge on any atom is -0.336 e. The van der Waals surface area contributed by atoms with Crippen molar-refractivity contribution in [2.45, 2.75) is 59.2 Å². The number of aromatic nitrogens is 5. The number of hydrogen-bond acceptors (Lipinski definition) is 4. The summed E-state index contributed by atoms with van der Waals surface area (Å²) in [5.41, 5.74) is 0. The van der Waals surface area contributed by atoms with Gasteiger partial charge in [0, 0.05) is 31.4 Å². The van der Waals surface area contributed by atoms with E-state index in [0.29, 0.717) is 6.54 Å². The van der Waals surface area contributed by atoms with Gasteiger partial charge in [-0.15, -0.1) is 10.2 Å². The summed E-state index contributed by atoms with van der Waals surface area (Å²) >= 11 is 0. The highest BCUT2D eigenvalue weighted by Crippen LogP contribution is 2.19. The Hall–Kier alpha value is -2.18. The van der Waals surface area contributed by atoms with Gasteiger partial charge in [0.25, 0.3) is 0 Å². The lowest BCUT2D eigenvalue weighted by molar-refractivity contribution is -0.133. The fraction of sp³-hybridized carbons (Fsp3) is 0.625. The van der Waals surface area contributed by atoms with E-state index in [-0.39, 0.29) is 23.9 Å². The number of amides is 1. The van der Waals surface area contributed by atoms with Crippen LogP contribution in [-0.2, 0) is 11.3 Å². The van der Waals surface area contributed by atoms with Gasteiger partial charge >= 0.3 is 0 Å². The van der Waals surface area contributed by atoms with E-state index in [2.05, 4.69) is 42.9 Å². The van der Waals surface area contributed by atoms with Gasteiger partial charge < -0.3 is 14.0 Å². The SMILES string of the molecule is CC(C)c1nccn1[C@H](C)C(=O)N(C)Cc1nncn1C(C)C. The van der Waals surface area contributed by atoms with Crippen molar-refractivity contribution in [3.05, 3.63) is 30.4 Å². The number of hydrogen-bond donors (Lipinski definition) is 0. The second kappa shape index (κ2) is 6.93. The molecule has 0 N–H and O–H groups in total. The van der Waals surface area contributed by atoms with Gasteiger partial charge in [0.05, 0.1) is 6.54 Å². The summed E-state index contributed by atoms with van der Waals surface area (Å²) in [6.45, 7) is 10.6. The molecule has 2 rings (SSSR count). The summed E-state index contributed by atoms with van der Waals surface area (Å²) in [4.78, 5) is 18.8. The van der Waals surface area contributed by atoms with Crippen molar-refractivity contribution < 1.29 is 4.79 Å². The number of carbonyl (C=O) groups is 1. The van der Waals surface area contributed by atoms with E-state index in [1.807, 2.05) is 22.3 Å². The lowest BCUT2D eigenvalue weighted by Gasteiger charge is -2.24. The maximum Gasteiger partial charge on any atom is 0.245 e. The second-order valence-electron chi connectivity index (χ2n) is 6.47. The van der Waals surface area contributed by atoms with Gasteiger partial charge in [0.2, 0.25) is 5.91 Å². The van der Waals surface area contributed by atoms with Crippen molar-refractivity contribution in [3.8, 4) is 0 Å². The number of imidazole rings is 1. The van der Waals surface area contributed by atoms with E-state index in [9.17, 15) is 4.79 Å². The predicted molar refractivity (Wildman–Crippen MR) is 87.9 cm³/mol. The van der Waals surface area contributed by atoms with Crippen LogP contribution in [0.4, 0.5) is 0 Å². The topological polar surface area (TPSA) is 68.8 Å². The fourth-order valence-corrected chi connectivity index (χ4v) is 2.64. The van der Waals surface area contributed by atoms with Crippen LogP contribution in [0.15, 0.2) is 18.7 Å². The molecule has 7 nitrogen and oxygen atoms in total. The zero-order valence-electron chi connectivity index (χ0n) is 14.8. The van der Waals surface area contributed by atoms with Crippen LogP contribution in [0.25, 0.3) is 0 Å². The van der Waals surface area contributed by atoms with Gasteiger partial charge in [-0.2, -0.15) is 0 Å². The predicted octanol–water partition coefficient (Wildman–Crippen LogP) is 2.40. The van der Waals surface area contributed by atoms with Crippen molar-refractivity contribution in [1.82, 2.24) is 29.2 Å². The summed E-state index contributed by atoms with van der Waals surface area (Å²) < 4.78 is 3.92. The first-order chi connectivity index (χ1) is 10.8. The lowest BCUT2D eigenvalue weighted by Crippen LogP contribution is -2.34. The first-order valence-electron chi connectivity index (χ1n) is 7.99. The number of nitrogens with zero attached hydrogens (tertiary/aromatic N) is 6. The third-order valence-corrected chi connectivity index (χ3v) is 3.95. The van der Waals surface area contributed by atoms with Crippen molar-refractivity contribution >= 4 is 5.91 Å². The summed E-state index contributed by atoms with van der Waals surface area (Å²) in [6, 6.07) is -0.0301. The van der Waals surface area contributed by atoms with Crippen LogP contribution in [0.5, 0.6) is 0 Å². The highest BCUT2D eigenvalue weighted by atomic mass is 16.2. The molecule has 7 heteroatoms. The summed E-state index contributed by atoms with van der Waals surface area (Å²) in [5, 5.41) is 8.08. The Morgan fingerprint density at radius 1 is 1.22 bits per heavy atom. The molecule has 2 heterocycles. The van der Waals surface area contributed by atoms with Gasteiger partial charge in [-0.05, 0) is 20.8 Å². The van der Waals surface area contributed by atoms with Crippen molar-refractivity contribution in [2.75, 3.05) is 7.05 Å². The summed E-state index contributed by atoms with van der Waals surface area (Å²) in [5.74, 6) is 2.01. The maximum atomic E-state index is 12.7. The number of likely N-dealkylation sites (N-methyl/N-ethyl adjacent to an activating group) is 1. The van der Waals surface area contributed by atoms with Gasteiger partial charge in [-0.3, -0.25) is 4.79 Å². The molecule has 2 aromatic rings. The first kappa shape index (κ1) is 17.2. The third kappa shape index (κ3) is 3.60. The lowest BCUT2D eigenvalue weighted by atomic mass is 10.2. The van der Waals surface area contributed by atoms with Crippen LogP contribution in [0.2, 0.25) is 0 Å². The molecule has 126 valence electrons. The van der Waals surface area contributed by atoms with E-state index in [4.69, 9.17) is 0 Å². The second-order valence-corrected chi connectivity index (χ2v) is 6.47. The van der Waals surface area contributed by atoms with Crippen molar-refractivity contribution in [3.63, 3.8) is 0 Å². The molecule has 0 aliphatic carbocycles. The molecule has 2 aromatic heterocycles. The molecule has 23 heavy (non-hydrogen) atoms. The molecule has 0 unspecified atom stereocenters. The Bertz CT molecular complexity index is 657. The van der Waals surface area contributed by atoms with Crippen LogP contribution in [0.1, 0.15) is 64.3 Å². The molecular weight excluding hydrogens is 292 g/mol. The first-order valence-corrected chi connectivity index (χ1v) is 7.99. The summed E-state index contributed by atoms with van der Waals surface area (Å²) in [6.07, 6.45) is 5.31. The van der Waals surface area contributed by atoms with Gasteiger partial charge in [0.15, 0.2) is 5.82 Å². The molecule has 0 saturated heterocycles. The maximum absolute atomic E-state index is 12.7. The van der Waals surface area contributed by atoms with Crippen molar-refractivity contribution in [2.24, 2.45) is 0 Å². The molecule has 0 aliphatic rings. The third-order valence-electron chi connectivity index (χ3n) is 3.95. The zero-order chi connectivity index (χ0) is 17.1. The average Bonchev–Trinajstić information content (AvgIpc) is 3.14. The minimum absolute atomic E-state index is 0.0307. The van der Waals surface area contributed by atoms with E-state index >= 15 is 0 Å². The molecule has 0 saturated carbocycles. The van der Waals surface area contributed by atoms with E-state index in [1.54, 1.807) is 24.5 Å². The van der Waals surface area contributed by atoms with E-state index in [0.717, 1.165) is 11.6 Å². The highest BCUT2D eigenvalue weighted by molar-refractivity contribution is 5.79. The molecule has 0 spiro atoms. The molecule has 0 aromatic carbocycles. The minimum atomic E-state index is -0.296. The number of carbonyl (C=O) groups excluding carboxylic acids is 1. The quantitative estimate of drug-likeness (QED) is 0.820. The standard InChI is InChI=1S/C16H26N6O/c1-11(2)15-17-7-8-21(15)13(5)16(23)20(6)9-14-19-18-10-22(14)12(3)4/h7-8,10-13H,9H2,1-6H3/t13-/m1/s1. The Kier molecular flexibility index (Phi) is 5.18. The molecular formula is C16H26N6O. The van der Waals surface area contributed by atoms with Gasteiger partial charge in [0.1, 0.15) is 18.2 Å². The summed E-state index contributed by atoms with van der Waals surface area (Å²) in [7, 11) is 1.80. The van der Waals surface area contributed by atoms with Crippen LogP contribution in [-0.4, -0.2) is 42.2 Å². The average molecular weight is 318 g/mol. The van der Waals surface area contributed by atoms with E-state index < -0.39 is 0 Å². The zero-order valence-corrected chi connectivity index (χ0v) is 14.8. The Morgan fingerprint density at radius 3 is 2.52 bits per heavy atom. The van der Waals surface area contributed by atoms with Gasteiger partial charge in [-0.1, -0.05) is 13.8 Å². The fourth-order valence-electron chi connectivity index (χ4n) is 2.64. The molecule has 0 aliphatic heterocycles.